The van der Waals surface area contributed by atoms with Gasteiger partial charge < -0.3 is 4.52 Å². The van der Waals surface area contributed by atoms with Crippen LogP contribution in [0.15, 0.2) is 34.9 Å². The van der Waals surface area contributed by atoms with Crippen molar-refractivity contribution in [3.63, 3.8) is 0 Å². The molecule has 0 N–H and O–H groups in total. The lowest BCUT2D eigenvalue weighted by atomic mass is 10.00. The van der Waals surface area contributed by atoms with E-state index in [1.807, 2.05) is 37.3 Å². The Morgan fingerprint density at radius 2 is 1.95 bits per heavy atom. The summed E-state index contributed by atoms with van der Waals surface area (Å²) >= 11 is 0. The van der Waals surface area contributed by atoms with E-state index in [1.54, 1.807) is 0 Å². The molecule has 0 saturated carbocycles. The number of carbonyl (C=O) groups is 1. The van der Waals surface area contributed by atoms with Gasteiger partial charge in [0.1, 0.15) is 5.69 Å². The first kappa shape index (κ1) is 15.0. The molecule has 2 heterocycles. The van der Waals surface area contributed by atoms with Gasteiger partial charge in [0.15, 0.2) is 11.5 Å². The predicted octanol–water partition coefficient (Wildman–Crippen LogP) is 3.92. The summed E-state index contributed by atoms with van der Waals surface area (Å²) < 4.78 is 5.57. The Balaban J connectivity index is 1.95. The highest BCUT2D eigenvalue weighted by Crippen LogP contribution is 2.28. The van der Waals surface area contributed by atoms with Gasteiger partial charge in [0.05, 0.1) is 12.1 Å². The smallest absolute Gasteiger partial charge is 0.168 e. The molecule has 3 rings (SSSR count). The van der Waals surface area contributed by atoms with Gasteiger partial charge in [-0.1, -0.05) is 42.4 Å². The third-order valence-corrected chi connectivity index (χ3v) is 4.13. The lowest BCUT2D eigenvalue weighted by molar-refractivity contribution is 0.0979. The van der Waals surface area contributed by atoms with E-state index in [0.717, 1.165) is 30.8 Å². The zero-order valence-corrected chi connectivity index (χ0v) is 13.0. The molecule has 1 aromatic heterocycles. The lowest BCUT2D eigenvalue weighted by Crippen LogP contribution is -2.19. The van der Waals surface area contributed by atoms with E-state index >= 15 is 0 Å². The third kappa shape index (κ3) is 3.12. The number of hydrogen-bond acceptors (Lipinski definition) is 4. The summed E-state index contributed by atoms with van der Waals surface area (Å²) in [7, 11) is 0. The summed E-state index contributed by atoms with van der Waals surface area (Å²) in [5, 5.41) is 4.21. The second-order valence-electron chi connectivity index (χ2n) is 5.85. The molecule has 0 aliphatic carbocycles. The number of benzene rings is 1. The number of carbonyl (C=O) groups excluding carboxylic acids is 1. The molecule has 1 aliphatic heterocycles. The van der Waals surface area contributed by atoms with E-state index in [4.69, 9.17) is 4.52 Å². The van der Waals surface area contributed by atoms with Crippen LogP contribution in [0.4, 0.5) is 0 Å². The molecule has 0 unspecified atom stereocenters. The normalized spacial score (nSPS) is 15.3. The molecule has 0 atom stereocenters. The number of aromatic nitrogens is 1. The standard InChI is InChI=1S/C18H22N2O2/c1-2-8-15(21)17-16(13-20-11-6-7-12-20)22-19-18(17)14-9-4-3-5-10-14/h3-5,9-10H,2,6-8,11-13H2,1H3. The summed E-state index contributed by atoms with van der Waals surface area (Å²) in [6.45, 7) is 4.85. The highest BCUT2D eigenvalue weighted by molar-refractivity contribution is 6.02. The fraction of sp³-hybridized carbons (Fsp3) is 0.444. The number of ketones is 1. The van der Waals surface area contributed by atoms with Crippen molar-refractivity contribution < 1.29 is 9.32 Å². The minimum atomic E-state index is 0.136. The van der Waals surface area contributed by atoms with Gasteiger partial charge in [-0.25, -0.2) is 0 Å². The Labute approximate surface area is 131 Å². The summed E-state index contributed by atoms with van der Waals surface area (Å²) in [6, 6.07) is 9.82. The van der Waals surface area contributed by atoms with Gasteiger partial charge in [0, 0.05) is 12.0 Å². The minimum absolute atomic E-state index is 0.136. The van der Waals surface area contributed by atoms with Crippen LogP contribution in [-0.4, -0.2) is 28.9 Å². The van der Waals surface area contributed by atoms with Crippen LogP contribution in [0.25, 0.3) is 11.3 Å². The van der Waals surface area contributed by atoms with Crippen LogP contribution in [0, 0.1) is 0 Å². The van der Waals surface area contributed by atoms with Gasteiger partial charge in [-0.15, -0.1) is 0 Å². The molecule has 4 nitrogen and oxygen atoms in total. The first-order valence-corrected chi connectivity index (χ1v) is 8.09. The minimum Gasteiger partial charge on any atom is -0.359 e. The van der Waals surface area contributed by atoms with Crippen molar-refractivity contribution in [3.05, 3.63) is 41.7 Å². The van der Waals surface area contributed by atoms with E-state index in [0.29, 0.717) is 24.2 Å². The van der Waals surface area contributed by atoms with Crippen molar-refractivity contribution in [2.45, 2.75) is 39.2 Å². The molecule has 116 valence electrons. The molecule has 1 fully saturated rings. The van der Waals surface area contributed by atoms with Crippen molar-refractivity contribution in [3.8, 4) is 11.3 Å². The zero-order chi connectivity index (χ0) is 15.4. The average molecular weight is 298 g/mol. The van der Waals surface area contributed by atoms with Crippen LogP contribution in [-0.2, 0) is 6.54 Å². The summed E-state index contributed by atoms with van der Waals surface area (Å²) in [6.07, 6.45) is 3.81. The van der Waals surface area contributed by atoms with Crippen molar-refractivity contribution in [1.29, 1.82) is 0 Å². The van der Waals surface area contributed by atoms with E-state index in [2.05, 4.69) is 10.1 Å². The Morgan fingerprint density at radius 1 is 1.23 bits per heavy atom. The molecular weight excluding hydrogens is 276 g/mol. The van der Waals surface area contributed by atoms with E-state index < -0.39 is 0 Å². The number of likely N-dealkylation sites (tertiary alicyclic amines) is 1. The second kappa shape index (κ2) is 6.88. The molecule has 0 spiro atoms. The maximum atomic E-state index is 12.6. The van der Waals surface area contributed by atoms with Gasteiger partial charge in [0.25, 0.3) is 0 Å². The number of Topliss-reactive ketones (excluding diaryl/α,β-unsaturated/α-hetero) is 1. The van der Waals surface area contributed by atoms with Gasteiger partial charge in [0.2, 0.25) is 0 Å². The van der Waals surface area contributed by atoms with Crippen molar-refractivity contribution in [1.82, 2.24) is 10.1 Å². The van der Waals surface area contributed by atoms with Gasteiger partial charge in [-0.2, -0.15) is 0 Å². The topological polar surface area (TPSA) is 46.3 Å². The number of hydrogen-bond donors (Lipinski definition) is 0. The first-order valence-electron chi connectivity index (χ1n) is 8.09. The molecular formula is C18H22N2O2. The molecule has 22 heavy (non-hydrogen) atoms. The van der Waals surface area contributed by atoms with Gasteiger partial charge in [-0.3, -0.25) is 9.69 Å². The summed E-state index contributed by atoms with van der Waals surface area (Å²) in [5.41, 5.74) is 2.31. The molecule has 1 aliphatic rings. The zero-order valence-electron chi connectivity index (χ0n) is 13.0. The average Bonchev–Trinajstić information content (AvgIpc) is 3.18. The Kier molecular flexibility index (Phi) is 4.68. The Morgan fingerprint density at radius 3 is 2.64 bits per heavy atom. The number of nitrogens with zero attached hydrogens (tertiary/aromatic N) is 2. The van der Waals surface area contributed by atoms with E-state index in [1.165, 1.54) is 12.8 Å². The van der Waals surface area contributed by atoms with E-state index in [-0.39, 0.29) is 5.78 Å². The molecule has 1 saturated heterocycles. The van der Waals surface area contributed by atoms with Crippen LogP contribution in [0.2, 0.25) is 0 Å². The van der Waals surface area contributed by atoms with Crippen molar-refractivity contribution in [2.75, 3.05) is 13.1 Å². The summed E-state index contributed by atoms with van der Waals surface area (Å²) in [4.78, 5) is 14.9. The molecule has 4 heteroatoms. The molecule has 0 radical (unpaired) electrons. The van der Waals surface area contributed by atoms with Crippen molar-refractivity contribution >= 4 is 5.78 Å². The van der Waals surface area contributed by atoms with E-state index in [9.17, 15) is 4.79 Å². The lowest BCUT2D eigenvalue weighted by Gasteiger charge is -2.12. The monoisotopic (exact) mass is 298 g/mol. The van der Waals surface area contributed by atoms with Crippen LogP contribution < -0.4 is 0 Å². The van der Waals surface area contributed by atoms with Crippen LogP contribution in [0.3, 0.4) is 0 Å². The molecule has 0 amide bonds. The number of rotatable bonds is 6. The van der Waals surface area contributed by atoms with Gasteiger partial charge in [-0.05, 0) is 32.4 Å². The van der Waals surface area contributed by atoms with Gasteiger partial charge >= 0.3 is 0 Å². The highest BCUT2D eigenvalue weighted by Gasteiger charge is 2.25. The summed E-state index contributed by atoms with van der Waals surface area (Å²) in [5.74, 6) is 0.857. The van der Waals surface area contributed by atoms with Crippen molar-refractivity contribution in [2.24, 2.45) is 0 Å². The largest absolute Gasteiger partial charge is 0.359 e. The SMILES string of the molecule is CCCC(=O)c1c(-c2ccccc2)noc1CN1CCCC1. The quantitative estimate of drug-likeness (QED) is 0.758. The Bertz CT molecular complexity index is 628. The Hall–Kier alpha value is -1.94. The highest BCUT2D eigenvalue weighted by atomic mass is 16.5. The maximum Gasteiger partial charge on any atom is 0.168 e. The second-order valence-corrected chi connectivity index (χ2v) is 5.85. The molecule has 0 bridgehead atoms. The first-order chi connectivity index (χ1) is 10.8. The fourth-order valence-corrected chi connectivity index (χ4v) is 3.01. The third-order valence-electron chi connectivity index (χ3n) is 4.13. The maximum absolute atomic E-state index is 12.6. The van der Waals surface area contributed by atoms with Crippen LogP contribution in [0.5, 0.6) is 0 Å². The molecule has 2 aromatic rings. The molecule has 1 aromatic carbocycles. The van der Waals surface area contributed by atoms with Crippen LogP contribution >= 0.6 is 0 Å². The fourth-order valence-electron chi connectivity index (χ4n) is 3.01. The van der Waals surface area contributed by atoms with Crippen LogP contribution in [0.1, 0.15) is 48.7 Å². The predicted molar refractivity (Wildman–Crippen MR) is 85.7 cm³/mol.